The monoisotopic (exact) mass is 861 g/mol. The van der Waals surface area contributed by atoms with E-state index in [0.29, 0.717) is 34.8 Å². The summed E-state index contributed by atoms with van der Waals surface area (Å²) in [5.74, 6) is -0.303. The lowest BCUT2D eigenvalue weighted by molar-refractivity contribution is 0.0716. The summed E-state index contributed by atoms with van der Waals surface area (Å²) in [6.07, 6.45) is 6.64. The molecule has 4 aromatic rings. The molecule has 1 aromatic heterocycles. The fourth-order valence-electron chi connectivity index (χ4n) is 8.92. The Hall–Kier alpha value is -5.14. The molecule has 0 bridgehead atoms. The van der Waals surface area contributed by atoms with Gasteiger partial charge < -0.3 is 29.6 Å². The highest BCUT2D eigenvalue weighted by molar-refractivity contribution is 6.01. The highest BCUT2D eigenvalue weighted by Gasteiger charge is 2.25. The van der Waals surface area contributed by atoms with Gasteiger partial charge in [-0.25, -0.2) is 0 Å². The lowest BCUT2D eigenvalue weighted by Gasteiger charge is -2.37. The van der Waals surface area contributed by atoms with E-state index in [4.69, 9.17) is 9.47 Å². The minimum atomic E-state index is -0.192. The van der Waals surface area contributed by atoms with Crippen molar-refractivity contribution < 1.29 is 23.9 Å². The molecule has 3 heterocycles. The first-order valence-electron chi connectivity index (χ1n) is 22.9. The average molecular weight is 861 g/mol. The molecule has 0 aliphatic carbocycles. The smallest absolute Gasteiger partial charge is 0.254 e. The Morgan fingerprint density at radius 1 is 0.873 bits per heavy atom. The van der Waals surface area contributed by atoms with Gasteiger partial charge in [0.15, 0.2) is 6.29 Å². The van der Waals surface area contributed by atoms with Crippen LogP contribution in [0.4, 0.5) is 5.69 Å². The molecular formula is C51H68N6O6. The number of amides is 2. The number of anilines is 1. The molecule has 2 saturated heterocycles. The number of hydrogen-bond donors (Lipinski definition) is 2. The van der Waals surface area contributed by atoms with Crippen LogP contribution in [0.15, 0.2) is 71.5 Å². The normalized spacial score (nSPS) is 15.0. The number of nitrogens with one attached hydrogen (secondary N) is 2. The van der Waals surface area contributed by atoms with Crippen molar-refractivity contribution in [3.05, 3.63) is 122 Å². The largest absolute Gasteiger partial charge is 0.381 e. The summed E-state index contributed by atoms with van der Waals surface area (Å²) in [6.45, 7) is 18.4. The van der Waals surface area contributed by atoms with Crippen molar-refractivity contribution in [3.8, 4) is 11.1 Å². The summed E-state index contributed by atoms with van der Waals surface area (Å²) >= 11 is 0. The van der Waals surface area contributed by atoms with Crippen molar-refractivity contribution in [2.24, 2.45) is 0 Å². The van der Waals surface area contributed by atoms with Crippen molar-refractivity contribution in [1.29, 1.82) is 0 Å². The van der Waals surface area contributed by atoms with Gasteiger partial charge in [-0.1, -0.05) is 55.3 Å². The zero-order chi connectivity index (χ0) is 44.7. The number of H-pyrrole nitrogens is 1. The quantitative estimate of drug-likeness (QED) is 0.0662. The SMILES string of the molecule is CCN(c1cc(-c2ccc(CN3CCN(CCOCCCCCCN(C)C(=O)c4ccccc4C=O)CC3)cc2)cc(C(=O)NCc2c(C)cc(C)[nH]c2=O)c1C)C1CCOCC1. The van der Waals surface area contributed by atoms with Crippen LogP contribution in [-0.2, 0) is 22.6 Å². The minimum absolute atomic E-state index is 0.112. The molecule has 12 heteroatoms. The lowest BCUT2D eigenvalue weighted by atomic mass is 9.94. The van der Waals surface area contributed by atoms with E-state index in [2.05, 4.69) is 62.3 Å². The van der Waals surface area contributed by atoms with Crippen LogP contribution < -0.4 is 15.8 Å². The van der Waals surface area contributed by atoms with Crippen LogP contribution in [0.2, 0.25) is 0 Å². The van der Waals surface area contributed by atoms with E-state index in [1.54, 1.807) is 36.2 Å². The number of carbonyl (C=O) groups is 3. The number of aromatic nitrogens is 1. The second kappa shape index (κ2) is 23.5. The maximum Gasteiger partial charge on any atom is 0.254 e. The van der Waals surface area contributed by atoms with Crippen LogP contribution in [0.1, 0.15) is 104 Å². The third kappa shape index (κ3) is 13.0. The predicted octanol–water partition coefficient (Wildman–Crippen LogP) is 7.18. The van der Waals surface area contributed by atoms with Gasteiger partial charge in [0.2, 0.25) is 0 Å². The Bertz CT molecular complexity index is 2190. The number of aromatic amines is 1. The fourth-order valence-corrected chi connectivity index (χ4v) is 8.92. The number of unbranched alkanes of at least 4 members (excludes halogenated alkanes) is 3. The Morgan fingerprint density at radius 3 is 2.30 bits per heavy atom. The van der Waals surface area contributed by atoms with Crippen LogP contribution >= 0.6 is 0 Å². The standard InChI is InChI=1S/C51H68N6O6/c1-6-57(44-19-28-63-29-20-44)48-33-43(32-46(39(48)4)49(59)52-34-47-37(2)31-38(3)53-50(47)60)41-17-15-40(16-18-41)35-56-24-22-55(23-25-56)26-30-62-27-12-8-7-11-21-54(5)51(61)45-14-10-9-13-42(45)36-58/h9-10,13-18,31-33,36,44H,6-8,11-12,19-30,34-35H2,1-5H3,(H,52,59)(H,53,60). The molecular weight excluding hydrogens is 793 g/mol. The number of piperazine rings is 1. The van der Waals surface area contributed by atoms with Gasteiger partial charge in [-0.15, -0.1) is 0 Å². The molecule has 0 atom stereocenters. The fraction of sp³-hybridized carbons (Fsp3) is 0.490. The van der Waals surface area contributed by atoms with Gasteiger partial charge in [-0.05, 0) is 105 Å². The molecule has 6 rings (SSSR count). The van der Waals surface area contributed by atoms with Crippen LogP contribution in [-0.4, -0.2) is 123 Å². The zero-order valence-corrected chi connectivity index (χ0v) is 38.2. The maximum absolute atomic E-state index is 14.0. The number of ether oxygens (including phenoxy) is 2. The summed E-state index contributed by atoms with van der Waals surface area (Å²) in [7, 11) is 1.79. The first-order valence-corrected chi connectivity index (χ1v) is 22.9. The maximum atomic E-state index is 14.0. The molecule has 2 N–H and O–H groups in total. The molecule has 0 saturated carbocycles. The van der Waals surface area contributed by atoms with E-state index in [0.717, 1.165) is 151 Å². The van der Waals surface area contributed by atoms with E-state index in [-0.39, 0.29) is 23.9 Å². The zero-order valence-electron chi connectivity index (χ0n) is 38.2. The Morgan fingerprint density at radius 2 is 1.59 bits per heavy atom. The summed E-state index contributed by atoms with van der Waals surface area (Å²) < 4.78 is 11.7. The van der Waals surface area contributed by atoms with Crippen LogP contribution in [0.25, 0.3) is 11.1 Å². The summed E-state index contributed by atoms with van der Waals surface area (Å²) in [4.78, 5) is 62.7. The predicted molar refractivity (Wildman–Crippen MR) is 251 cm³/mol. The van der Waals surface area contributed by atoms with Gasteiger partial charge in [0.1, 0.15) is 0 Å². The molecule has 2 aliphatic heterocycles. The lowest BCUT2D eigenvalue weighted by Crippen LogP contribution is -2.46. The number of rotatable bonds is 21. The first-order chi connectivity index (χ1) is 30.6. The highest BCUT2D eigenvalue weighted by Crippen LogP contribution is 2.34. The average Bonchev–Trinajstić information content (AvgIpc) is 3.29. The third-order valence-electron chi connectivity index (χ3n) is 12.7. The van der Waals surface area contributed by atoms with Crippen molar-refractivity contribution in [3.63, 3.8) is 0 Å². The van der Waals surface area contributed by atoms with Crippen molar-refractivity contribution in [2.45, 2.75) is 85.4 Å². The van der Waals surface area contributed by atoms with Crippen LogP contribution in [0, 0.1) is 20.8 Å². The third-order valence-corrected chi connectivity index (χ3v) is 12.7. The Labute approximate surface area is 373 Å². The number of aldehydes is 1. The molecule has 12 nitrogen and oxygen atoms in total. The highest BCUT2D eigenvalue weighted by atomic mass is 16.5. The van der Waals surface area contributed by atoms with Crippen LogP contribution in [0.5, 0.6) is 0 Å². The molecule has 2 fully saturated rings. The van der Waals surface area contributed by atoms with Crippen molar-refractivity contribution in [1.82, 2.24) is 25.0 Å². The van der Waals surface area contributed by atoms with Gasteiger partial charge in [0.05, 0.1) is 12.2 Å². The number of carbonyl (C=O) groups excluding carboxylic acids is 3. The Balaban J connectivity index is 0.960. The van der Waals surface area contributed by atoms with Gasteiger partial charge in [0, 0.05) is 120 Å². The topological polar surface area (TPSA) is 128 Å². The van der Waals surface area contributed by atoms with Gasteiger partial charge in [-0.2, -0.15) is 0 Å². The number of hydrogen-bond acceptors (Lipinski definition) is 9. The van der Waals surface area contributed by atoms with E-state index < -0.39 is 0 Å². The van der Waals surface area contributed by atoms with Crippen molar-refractivity contribution in [2.75, 3.05) is 84.2 Å². The summed E-state index contributed by atoms with van der Waals surface area (Å²) in [5.41, 5.74) is 8.88. The minimum Gasteiger partial charge on any atom is -0.381 e. The number of nitrogens with zero attached hydrogens (tertiary/aromatic N) is 4. The molecule has 2 amide bonds. The molecule has 338 valence electrons. The van der Waals surface area contributed by atoms with Crippen LogP contribution in [0.3, 0.4) is 0 Å². The van der Waals surface area contributed by atoms with Gasteiger partial charge >= 0.3 is 0 Å². The second-order valence-corrected chi connectivity index (χ2v) is 17.2. The Kier molecular flexibility index (Phi) is 17.7. The molecule has 2 aliphatic rings. The second-order valence-electron chi connectivity index (χ2n) is 17.2. The van der Waals surface area contributed by atoms with E-state index in [9.17, 15) is 19.2 Å². The molecule has 63 heavy (non-hydrogen) atoms. The van der Waals surface area contributed by atoms with Gasteiger partial charge in [-0.3, -0.25) is 29.0 Å². The number of aryl methyl sites for hydroxylation is 2. The molecule has 0 spiro atoms. The number of pyridine rings is 1. The number of benzene rings is 3. The summed E-state index contributed by atoms with van der Waals surface area (Å²) in [5, 5.41) is 3.06. The first kappa shape index (κ1) is 47.3. The molecule has 3 aromatic carbocycles. The van der Waals surface area contributed by atoms with E-state index in [1.165, 1.54) is 5.56 Å². The summed E-state index contributed by atoms with van der Waals surface area (Å²) in [6, 6.07) is 22.2. The van der Waals surface area contributed by atoms with E-state index in [1.807, 2.05) is 32.9 Å². The van der Waals surface area contributed by atoms with Crippen molar-refractivity contribution >= 4 is 23.8 Å². The molecule has 0 radical (unpaired) electrons. The van der Waals surface area contributed by atoms with E-state index >= 15 is 0 Å². The molecule has 0 unspecified atom stereocenters. The van der Waals surface area contributed by atoms with Gasteiger partial charge in [0.25, 0.3) is 17.4 Å².